The molecule has 4 nitrogen and oxygen atoms in total. The van der Waals surface area contributed by atoms with Gasteiger partial charge in [-0.15, -0.1) is 0 Å². The van der Waals surface area contributed by atoms with Gasteiger partial charge < -0.3 is 11.1 Å². The number of nitrogen functional groups attached to an aromatic ring is 1. The fraction of sp³-hybridized carbons (Fsp3) is 0.125. The van der Waals surface area contributed by atoms with Gasteiger partial charge in [0.05, 0.1) is 5.56 Å². The lowest BCUT2D eigenvalue weighted by atomic mass is 10.1. The van der Waals surface area contributed by atoms with Crippen molar-refractivity contribution in [2.45, 2.75) is 13.5 Å². The summed E-state index contributed by atoms with van der Waals surface area (Å²) in [7, 11) is 0. The minimum Gasteiger partial charge on any atom is -0.382 e. The largest absolute Gasteiger partial charge is 0.382 e. The van der Waals surface area contributed by atoms with Gasteiger partial charge in [0.2, 0.25) is 0 Å². The standard InChI is InChI=1S/C16H16N4S/c1-11-4-2-5-12(8-11)9-19-16-14(15(17)20-21-16)13-6-3-7-18-10-13/h2-8,10,19H,9H2,1H3,(H2,17,20). The van der Waals surface area contributed by atoms with Crippen LogP contribution in [-0.4, -0.2) is 9.36 Å². The first-order valence-corrected chi connectivity index (χ1v) is 7.46. The van der Waals surface area contributed by atoms with Gasteiger partial charge in [-0.1, -0.05) is 35.9 Å². The third-order valence-corrected chi connectivity index (χ3v) is 4.02. The summed E-state index contributed by atoms with van der Waals surface area (Å²) in [6.07, 6.45) is 3.55. The molecule has 5 heteroatoms. The molecule has 0 radical (unpaired) electrons. The molecule has 0 atom stereocenters. The van der Waals surface area contributed by atoms with Crippen LogP contribution in [0.4, 0.5) is 10.8 Å². The SMILES string of the molecule is Cc1cccc(CNc2snc(N)c2-c2cccnc2)c1. The molecule has 0 aliphatic heterocycles. The predicted octanol–water partition coefficient (Wildman–Crippen LogP) is 3.71. The van der Waals surface area contributed by atoms with E-state index in [2.05, 4.69) is 45.9 Å². The van der Waals surface area contributed by atoms with Crippen LogP contribution in [0.2, 0.25) is 0 Å². The summed E-state index contributed by atoms with van der Waals surface area (Å²) in [6.45, 7) is 2.84. The zero-order chi connectivity index (χ0) is 14.7. The van der Waals surface area contributed by atoms with E-state index in [9.17, 15) is 0 Å². The number of nitrogens with one attached hydrogen (secondary N) is 1. The van der Waals surface area contributed by atoms with Crippen molar-refractivity contribution < 1.29 is 0 Å². The Morgan fingerprint density at radius 1 is 1.24 bits per heavy atom. The number of rotatable bonds is 4. The monoisotopic (exact) mass is 296 g/mol. The van der Waals surface area contributed by atoms with Gasteiger partial charge in [-0.2, -0.15) is 4.37 Å². The molecule has 0 unspecified atom stereocenters. The van der Waals surface area contributed by atoms with Crippen molar-refractivity contribution in [3.05, 3.63) is 59.9 Å². The lowest BCUT2D eigenvalue weighted by Gasteiger charge is -2.08. The van der Waals surface area contributed by atoms with E-state index in [1.54, 1.807) is 12.4 Å². The van der Waals surface area contributed by atoms with Gasteiger partial charge in [-0.25, -0.2) is 0 Å². The molecule has 1 aromatic carbocycles. The highest BCUT2D eigenvalue weighted by Crippen LogP contribution is 2.36. The summed E-state index contributed by atoms with van der Waals surface area (Å²) in [6, 6.07) is 12.3. The maximum absolute atomic E-state index is 6.00. The summed E-state index contributed by atoms with van der Waals surface area (Å²) in [5.74, 6) is 0.541. The molecule has 106 valence electrons. The Morgan fingerprint density at radius 2 is 2.14 bits per heavy atom. The van der Waals surface area contributed by atoms with Gasteiger partial charge >= 0.3 is 0 Å². The van der Waals surface area contributed by atoms with Gasteiger partial charge in [0.15, 0.2) is 0 Å². The number of nitrogens with zero attached hydrogens (tertiary/aromatic N) is 2. The number of nitrogens with two attached hydrogens (primary N) is 1. The molecule has 0 aliphatic carbocycles. The molecule has 0 saturated carbocycles. The highest BCUT2D eigenvalue weighted by Gasteiger charge is 2.13. The molecule has 0 fully saturated rings. The highest BCUT2D eigenvalue weighted by atomic mass is 32.1. The van der Waals surface area contributed by atoms with E-state index in [-0.39, 0.29) is 0 Å². The van der Waals surface area contributed by atoms with Crippen molar-refractivity contribution in [1.82, 2.24) is 9.36 Å². The van der Waals surface area contributed by atoms with Gasteiger partial charge in [-0.3, -0.25) is 4.98 Å². The third-order valence-electron chi connectivity index (χ3n) is 3.20. The molecule has 0 saturated heterocycles. The Morgan fingerprint density at radius 3 is 2.90 bits per heavy atom. The van der Waals surface area contributed by atoms with Gasteiger partial charge in [0, 0.05) is 24.5 Å². The Hall–Kier alpha value is -2.40. The Balaban J connectivity index is 1.84. The average molecular weight is 296 g/mol. The molecular formula is C16H16N4S. The number of hydrogen-bond acceptors (Lipinski definition) is 5. The first kappa shape index (κ1) is 13.6. The van der Waals surface area contributed by atoms with Crippen molar-refractivity contribution in [2.24, 2.45) is 0 Å². The first-order valence-electron chi connectivity index (χ1n) is 6.69. The van der Waals surface area contributed by atoms with Crippen LogP contribution in [0.15, 0.2) is 48.8 Å². The van der Waals surface area contributed by atoms with E-state index in [0.29, 0.717) is 5.82 Å². The second kappa shape index (κ2) is 5.93. The number of aromatic nitrogens is 2. The molecule has 3 aromatic rings. The Kier molecular flexibility index (Phi) is 3.83. The molecule has 3 rings (SSSR count). The molecule has 0 bridgehead atoms. The maximum atomic E-state index is 6.00. The van der Waals surface area contributed by atoms with Crippen molar-refractivity contribution in [1.29, 1.82) is 0 Å². The predicted molar refractivity (Wildman–Crippen MR) is 88.3 cm³/mol. The molecular weight excluding hydrogens is 280 g/mol. The number of benzene rings is 1. The fourth-order valence-corrected chi connectivity index (χ4v) is 2.95. The van der Waals surface area contributed by atoms with Crippen molar-refractivity contribution >= 4 is 22.4 Å². The minimum atomic E-state index is 0.541. The topological polar surface area (TPSA) is 63.8 Å². The van der Waals surface area contributed by atoms with Crippen LogP contribution in [0.25, 0.3) is 11.1 Å². The van der Waals surface area contributed by atoms with Gasteiger partial charge in [0.25, 0.3) is 0 Å². The Labute approximate surface area is 127 Å². The normalized spacial score (nSPS) is 10.5. The second-order valence-electron chi connectivity index (χ2n) is 4.86. The van der Waals surface area contributed by atoms with Crippen LogP contribution in [0.3, 0.4) is 0 Å². The summed E-state index contributed by atoms with van der Waals surface area (Å²) >= 11 is 1.38. The quantitative estimate of drug-likeness (QED) is 0.770. The zero-order valence-electron chi connectivity index (χ0n) is 11.7. The minimum absolute atomic E-state index is 0.541. The van der Waals surface area contributed by atoms with Crippen LogP contribution in [0.5, 0.6) is 0 Å². The fourth-order valence-electron chi connectivity index (χ4n) is 2.22. The smallest absolute Gasteiger partial charge is 0.147 e. The molecule has 0 spiro atoms. The van der Waals surface area contributed by atoms with Gasteiger partial charge in [-0.05, 0) is 30.1 Å². The van der Waals surface area contributed by atoms with Gasteiger partial charge in [0.1, 0.15) is 10.8 Å². The van der Waals surface area contributed by atoms with Crippen LogP contribution in [0, 0.1) is 6.92 Å². The summed E-state index contributed by atoms with van der Waals surface area (Å²) in [4.78, 5) is 4.15. The maximum Gasteiger partial charge on any atom is 0.147 e. The van der Waals surface area contributed by atoms with E-state index >= 15 is 0 Å². The summed E-state index contributed by atoms with van der Waals surface area (Å²) in [5.41, 5.74) is 10.4. The average Bonchev–Trinajstić information content (AvgIpc) is 2.87. The number of hydrogen-bond donors (Lipinski definition) is 2. The lowest BCUT2D eigenvalue weighted by Crippen LogP contribution is -1.99. The molecule has 3 N–H and O–H groups in total. The third kappa shape index (κ3) is 3.03. The molecule has 0 aliphatic rings. The molecule has 2 aromatic heterocycles. The Bertz CT molecular complexity index is 737. The molecule has 0 amide bonds. The van der Waals surface area contributed by atoms with E-state index in [4.69, 9.17) is 5.73 Å². The number of aryl methyl sites for hydroxylation is 1. The molecule has 21 heavy (non-hydrogen) atoms. The van der Waals surface area contributed by atoms with Crippen LogP contribution in [-0.2, 0) is 6.54 Å². The van der Waals surface area contributed by atoms with Crippen LogP contribution < -0.4 is 11.1 Å². The molecule has 2 heterocycles. The van der Waals surface area contributed by atoms with Crippen molar-refractivity contribution in [3.8, 4) is 11.1 Å². The zero-order valence-corrected chi connectivity index (χ0v) is 12.5. The van der Waals surface area contributed by atoms with E-state index in [1.807, 2.05) is 12.1 Å². The van der Waals surface area contributed by atoms with Crippen molar-refractivity contribution in [3.63, 3.8) is 0 Å². The summed E-state index contributed by atoms with van der Waals surface area (Å²) in [5, 5.41) is 4.40. The number of pyridine rings is 1. The highest BCUT2D eigenvalue weighted by molar-refractivity contribution is 7.11. The first-order chi connectivity index (χ1) is 10.2. The van der Waals surface area contributed by atoms with Crippen LogP contribution >= 0.6 is 11.5 Å². The van der Waals surface area contributed by atoms with Crippen molar-refractivity contribution in [2.75, 3.05) is 11.1 Å². The van der Waals surface area contributed by atoms with Crippen LogP contribution in [0.1, 0.15) is 11.1 Å². The van der Waals surface area contributed by atoms with E-state index in [0.717, 1.165) is 22.7 Å². The van der Waals surface area contributed by atoms with E-state index < -0.39 is 0 Å². The number of anilines is 2. The van der Waals surface area contributed by atoms with E-state index in [1.165, 1.54) is 22.7 Å². The second-order valence-corrected chi connectivity index (χ2v) is 5.63. The summed E-state index contributed by atoms with van der Waals surface area (Å²) < 4.78 is 4.25. The lowest BCUT2D eigenvalue weighted by molar-refractivity contribution is 1.15.